The third-order valence-electron chi connectivity index (χ3n) is 3.99. The maximum atomic E-state index is 5.84. The predicted octanol–water partition coefficient (Wildman–Crippen LogP) is 2.70. The molecule has 1 fully saturated rings. The minimum atomic E-state index is 0.390. The number of rotatable bonds is 7. The van der Waals surface area contributed by atoms with Crippen molar-refractivity contribution in [2.75, 3.05) is 26.7 Å². The number of hydrogen-bond donors (Lipinski definition) is 1. The smallest absolute Gasteiger partial charge is 0.118 e. The van der Waals surface area contributed by atoms with E-state index in [-0.39, 0.29) is 0 Å². The molecular formula is C16H28N2O2. The fourth-order valence-electron chi connectivity index (χ4n) is 2.81. The number of methoxy groups -OCH3 is 1. The van der Waals surface area contributed by atoms with Crippen LogP contribution in [0.15, 0.2) is 10.5 Å². The molecule has 20 heavy (non-hydrogen) atoms. The lowest BCUT2D eigenvalue weighted by Gasteiger charge is -2.31. The second-order valence-electron chi connectivity index (χ2n) is 5.71. The van der Waals surface area contributed by atoms with Crippen LogP contribution in [0.25, 0.3) is 0 Å². The molecule has 0 bridgehead atoms. The van der Waals surface area contributed by atoms with E-state index in [2.05, 4.69) is 30.1 Å². The van der Waals surface area contributed by atoms with Gasteiger partial charge in [0.25, 0.3) is 0 Å². The van der Waals surface area contributed by atoms with Crippen LogP contribution >= 0.6 is 0 Å². The van der Waals surface area contributed by atoms with Gasteiger partial charge in [-0.3, -0.25) is 4.90 Å². The number of piperidine rings is 1. The number of furan rings is 1. The van der Waals surface area contributed by atoms with Gasteiger partial charge in [-0.2, -0.15) is 0 Å². The van der Waals surface area contributed by atoms with Crippen LogP contribution in [-0.2, 0) is 17.8 Å². The Morgan fingerprint density at radius 1 is 1.50 bits per heavy atom. The Morgan fingerprint density at radius 2 is 2.35 bits per heavy atom. The van der Waals surface area contributed by atoms with Gasteiger partial charge in [-0.15, -0.1) is 0 Å². The highest BCUT2D eigenvalue weighted by Crippen LogP contribution is 2.20. The SMILES string of the molecule is CCCNCc1cc(CN2CCCC(OC)C2)c(C)o1. The van der Waals surface area contributed by atoms with E-state index in [4.69, 9.17) is 9.15 Å². The van der Waals surface area contributed by atoms with Crippen molar-refractivity contribution in [3.8, 4) is 0 Å². The molecule has 1 unspecified atom stereocenters. The normalized spacial score (nSPS) is 20.4. The number of likely N-dealkylation sites (tertiary alicyclic amines) is 1. The van der Waals surface area contributed by atoms with E-state index >= 15 is 0 Å². The molecule has 4 heteroatoms. The molecule has 0 aliphatic carbocycles. The Bertz CT molecular complexity index is 403. The topological polar surface area (TPSA) is 37.6 Å². The van der Waals surface area contributed by atoms with Gasteiger partial charge >= 0.3 is 0 Å². The van der Waals surface area contributed by atoms with Crippen molar-refractivity contribution >= 4 is 0 Å². The summed E-state index contributed by atoms with van der Waals surface area (Å²) in [5.74, 6) is 2.10. The summed E-state index contributed by atoms with van der Waals surface area (Å²) in [4.78, 5) is 2.47. The van der Waals surface area contributed by atoms with Gasteiger partial charge in [-0.25, -0.2) is 0 Å². The third kappa shape index (κ3) is 4.33. The average Bonchev–Trinajstić information content (AvgIpc) is 2.80. The first-order chi connectivity index (χ1) is 9.72. The molecule has 0 spiro atoms. The lowest BCUT2D eigenvalue weighted by atomic mass is 10.1. The molecule has 0 saturated carbocycles. The molecule has 1 atom stereocenters. The number of aryl methyl sites for hydroxylation is 1. The van der Waals surface area contributed by atoms with Crippen LogP contribution in [0.4, 0.5) is 0 Å². The number of ether oxygens (including phenoxy) is 1. The van der Waals surface area contributed by atoms with Gasteiger partial charge in [0.15, 0.2) is 0 Å². The fraction of sp³-hybridized carbons (Fsp3) is 0.750. The van der Waals surface area contributed by atoms with Gasteiger partial charge in [0.05, 0.1) is 12.6 Å². The second-order valence-corrected chi connectivity index (χ2v) is 5.71. The molecule has 2 rings (SSSR count). The van der Waals surface area contributed by atoms with Crippen molar-refractivity contribution in [1.82, 2.24) is 10.2 Å². The highest BCUT2D eigenvalue weighted by molar-refractivity contribution is 5.20. The predicted molar refractivity (Wildman–Crippen MR) is 80.8 cm³/mol. The zero-order valence-electron chi connectivity index (χ0n) is 13.1. The van der Waals surface area contributed by atoms with Crippen LogP contribution in [0.5, 0.6) is 0 Å². The van der Waals surface area contributed by atoms with Crippen LogP contribution in [0.3, 0.4) is 0 Å². The van der Waals surface area contributed by atoms with Gasteiger partial charge in [-0.05, 0) is 45.3 Å². The molecule has 1 aliphatic heterocycles. The van der Waals surface area contributed by atoms with Gasteiger partial charge in [0.1, 0.15) is 11.5 Å². The van der Waals surface area contributed by atoms with E-state index in [9.17, 15) is 0 Å². The van der Waals surface area contributed by atoms with E-state index in [0.717, 1.165) is 50.7 Å². The number of nitrogens with one attached hydrogen (secondary N) is 1. The van der Waals surface area contributed by atoms with Crippen LogP contribution in [-0.4, -0.2) is 37.7 Å². The van der Waals surface area contributed by atoms with Crippen molar-refractivity contribution in [2.45, 2.75) is 52.3 Å². The van der Waals surface area contributed by atoms with Crippen molar-refractivity contribution in [2.24, 2.45) is 0 Å². The second kappa shape index (κ2) is 7.81. The number of hydrogen-bond acceptors (Lipinski definition) is 4. The zero-order valence-corrected chi connectivity index (χ0v) is 13.1. The molecule has 0 radical (unpaired) electrons. The van der Waals surface area contributed by atoms with Crippen LogP contribution in [0, 0.1) is 6.92 Å². The molecular weight excluding hydrogens is 252 g/mol. The van der Waals surface area contributed by atoms with Gasteiger partial charge in [0, 0.05) is 25.8 Å². The van der Waals surface area contributed by atoms with Crippen LogP contribution in [0.2, 0.25) is 0 Å². The summed E-state index contributed by atoms with van der Waals surface area (Å²) in [5, 5.41) is 3.38. The molecule has 0 aromatic carbocycles. The minimum absolute atomic E-state index is 0.390. The van der Waals surface area contributed by atoms with E-state index in [0.29, 0.717) is 6.10 Å². The largest absolute Gasteiger partial charge is 0.465 e. The molecule has 0 amide bonds. The molecule has 1 aliphatic rings. The highest BCUT2D eigenvalue weighted by atomic mass is 16.5. The summed E-state index contributed by atoms with van der Waals surface area (Å²) in [6, 6.07) is 2.20. The maximum absolute atomic E-state index is 5.84. The van der Waals surface area contributed by atoms with Gasteiger partial charge in [0.2, 0.25) is 0 Å². The van der Waals surface area contributed by atoms with Gasteiger partial charge in [-0.1, -0.05) is 6.92 Å². The standard InChI is InChI=1S/C16H28N2O2/c1-4-7-17-10-16-9-14(13(2)20-16)11-18-8-5-6-15(12-18)19-3/h9,15,17H,4-8,10-12H2,1-3H3. The highest BCUT2D eigenvalue weighted by Gasteiger charge is 2.20. The Labute approximate surface area is 122 Å². The first kappa shape index (κ1) is 15.5. The summed E-state index contributed by atoms with van der Waals surface area (Å²) < 4.78 is 11.3. The molecule has 114 valence electrons. The molecule has 1 N–H and O–H groups in total. The molecule has 2 heterocycles. The summed E-state index contributed by atoms with van der Waals surface area (Å²) in [6.07, 6.45) is 3.95. The van der Waals surface area contributed by atoms with E-state index in [1.807, 2.05) is 7.11 Å². The van der Waals surface area contributed by atoms with Crippen molar-refractivity contribution in [3.05, 3.63) is 23.2 Å². The zero-order chi connectivity index (χ0) is 14.4. The minimum Gasteiger partial charge on any atom is -0.465 e. The first-order valence-corrected chi connectivity index (χ1v) is 7.77. The number of nitrogens with zero attached hydrogens (tertiary/aromatic N) is 1. The quantitative estimate of drug-likeness (QED) is 0.779. The summed E-state index contributed by atoms with van der Waals surface area (Å²) >= 11 is 0. The Hall–Kier alpha value is -0.840. The molecule has 1 saturated heterocycles. The van der Waals surface area contributed by atoms with Crippen LogP contribution < -0.4 is 5.32 Å². The Morgan fingerprint density at radius 3 is 3.10 bits per heavy atom. The Kier molecular flexibility index (Phi) is 6.07. The third-order valence-corrected chi connectivity index (χ3v) is 3.99. The first-order valence-electron chi connectivity index (χ1n) is 7.77. The summed E-state index contributed by atoms with van der Waals surface area (Å²) in [6.45, 7) is 9.28. The van der Waals surface area contributed by atoms with Crippen LogP contribution in [0.1, 0.15) is 43.3 Å². The summed E-state index contributed by atoms with van der Waals surface area (Å²) in [5.41, 5.74) is 1.31. The maximum Gasteiger partial charge on any atom is 0.118 e. The lowest BCUT2D eigenvalue weighted by molar-refractivity contribution is 0.0284. The van der Waals surface area contributed by atoms with Crippen molar-refractivity contribution in [3.63, 3.8) is 0 Å². The average molecular weight is 280 g/mol. The van der Waals surface area contributed by atoms with E-state index < -0.39 is 0 Å². The Balaban J connectivity index is 1.88. The molecule has 1 aromatic rings. The fourth-order valence-corrected chi connectivity index (χ4v) is 2.81. The van der Waals surface area contributed by atoms with E-state index in [1.165, 1.54) is 18.4 Å². The molecule has 4 nitrogen and oxygen atoms in total. The van der Waals surface area contributed by atoms with Gasteiger partial charge < -0.3 is 14.5 Å². The lowest BCUT2D eigenvalue weighted by Crippen LogP contribution is -2.38. The monoisotopic (exact) mass is 280 g/mol. The van der Waals surface area contributed by atoms with Crippen molar-refractivity contribution in [1.29, 1.82) is 0 Å². The van der Waals surface area contributed by atoms with E-state index in [1.54, 1.807) is 0 Å². The summed E-state index contributed by atoms with van der Waals surface area (Å²) in [7, 11) is 1.81. The van der Waals surface area contributed by atoms with Crippen molar-refractivity contribution < 1.29 is 9.15 Å². The molecule has 1 aromatic heterocycles.